The lowest BCUT2D eigenvalue weighted by molar-refractivity contribution is 0.597. The van der Waals surface area contributed by atoms with Gasteiger partial charge in [-0.25, -0.2) is 0 Å². The van der Waals surface area contributed by atoms with Gasteiger partial charge < -0.3 is 0 Å². The lowest BCUT2D eigenvalue weighted by Crippen LogP contribution is -2.19. The molecule has 0 fully saturated rings. The van der Waals surface area contributed by atoms with Gasteiger partial charge in [0.15, 0.2) is 0 Å². The van der Waals surface area contributed by atoms with Crippen LogP contribution in [-0.4, -0.2) is 0 Å². The van der Waals surface area contributed by atoms with Crippen molar-refractivity contribution in [2.24, 2.45) is 0 Å². The van der Waals surface area contributed by atoms with Gasteiger partial charge in [0, 0.05) is 10.8 Å². The van der Waals surface area contributed by atoms with Gasteiger partial charge >= 0.3 is 0 Å². The van der Waals surface area contributed by atoms with Crippen LogP contribution >= 0.6 is 0 Å². The van der Waals surface area contributed by atoms with Gasteiger partial charge in [-0.1, -0.05) is 192 Å². The lowest BCUT2D eigenvalue weighted by atomic mass is 9.77. The number of benzene rings is 4. The van der Waals surface area contributed by atoms with Crippen molar-refractivity contribution >= 4 is 0 Å². The molecular weight excluding hydrogens is 528 g/mol. The first kappa shape index (κ1) is 40.4. The molecule has 0 saturated heterocycles. The summed E-state index contributed by atoms with van der Waals surface area (Å²) in [4.78, 5) is 0. The van der Waals surface area contributed by atoms with Crippen LogP contribution in [0.5, 0.6) is 0 Å². The minimum atomic E-state index is 0.0922. The Morgan fingerprint density at radius 2 is 0.705 bits per heavy atom. The van der Waals surface area contributed by atoms with Gasteiger partial charge in [-0.05, 0) is 57.3 Å². The first-order chi connectivity index (χ1) is 21.4. The van der Waals surface area contributed by atoms with Crippen LogP contribution < -0.4 is 0 Å². The zero-order valence-electron chi connectivity index (χ0n) is 30.2. The predicted octanol–water partition coefficient (Wildman–Crippen LogP) is 14.2. The van der Waals surface area contributed by atoms with Crippen molar-refractivity contribution in [3.8, 4) is 22.3 Å². The molecule has 44 heavy (non-hydrogen) atoms. The van der Waals surface area contributed by atoms with E-state index in [0.29, 0.717) is 0 Å². The maximum atomic E-state index is 3.92. The monoisotopic (exact) mass is 590 g/mol. The summed E-state index contributed by atoms with van der Waals surface area (Å²) in [5.41, 5.74) is 11.6. The van der Waals surface area contributed by atoms with Crippen molar-refractivity contribution in [3.63, 3.8) is 0 Å². The van der Waals surface area contributed by atoms with E-state index in [4.69, 9.17) is 0 Å². The van der Waals surface area contributed by atoms with Crippen LogP contribution in [0.3, 0.4) is 0 Å². The summed E-state index contributed by atoms with van der Waals surface area (Å²) in [6, 6.07) is 34.9. The molecule has 4 aromatic carbocycles. The Morgan fingerprint density at radius 1 is 0.455 bits per heavy atom. The van der Waals surface area contributed by atoms with E-state index in [9.17, 15) is 0 Å². The highest BCUT2D eigenvalue weighted by Gasteiger charge is 2.37. The number of rotatable bonds is 3. The van der Waals surface area contributed by atoms with Crippen LogP contribution in [-0.2, 0) is 10.8 Å². The smallest absolute Gasteiger partial charge is 0.0221 e. The number of hydrogen-bond acceptors (Lipinski definition) is 0. The molecule has 4 aromatic rings. The fourth-order valence-corrected chi connectivity index (χ4v) is 5.72. The summed E-state index contributed by atoms with van der Waals surface area (Å²) in [7, 11) is 0. The Kier molecular flexibility index (Phi) is 19.4. The summed E-state index contributed by atoms with van der Waals surface area (Å²) in [6.07, 6.45) is 5.97. The molecule has 0 heterocycles. The highest BCUT2D eigenvalue weighted by molar-refractivity contribution is 5.81. The minimum absolute atomic E-state index is 0.0922. The number of allylic oxidation sites excluding steroid dienone is 2. The Morgan fingerprint density at radius 3 is 0.977 bits per heavy atom. The van der Waals surface area contributed by atoms with Gasteiger partial charge in [-0.15, -0.1) is 13.2 Å². The van der Waals surface area contributed by atoms with Crippen molar-refractivity contribution in [2.45, 2.75) is 107 Å². The van der Waals surface area contributed by atoms with Crippen LogP contribution in [0.15, 0.2) is 122 Å². The van der Waals surface area contributed by atoms with Crippen molar-refractivity contribution in [1.82, 2.24) is 0 Å². The molecule has 238 valence electrons. The molecule has 0 atom stereocenters. The van der Waals surface area contributed by atoms with E-state index in [0.717, 1.165) is 12.8 Å². The van der Waals surface area contributed by atoms with Crippen LogP contribution in [0.1, 0.15) is 118 Å². The topological polar surface area (TPSA) is 0 Å². The molecule has 0 nitrogen and oxygen atoms in total. The predicted molar refractivity (Wildman–Crippen MR) is 203 cm³/mol. The van der Waals surface area contributed by atoms with Crippen molar-refractivity contribution < 1.29 is 0 Å². The van der Waals surface area contributed by atoms with E-state index < -0.39 is 0 Å². The van der Waals surface area contributed by atoms with Crippen molar-refractivity contribution in [2.75, 3.05) is 0 Å². The highest BCUT2D eigenvalue weighted by Crippen LogP contribution is 2.50. The average Bonchev–Trinajstić information content (AvgIpc) is 3.50. The summed E-state index contributed by atoms with van der Waals surface area (Å²) in [5.74, 6) is 0. The van der Waals surface area contributed by atoms with Gasteiger partial charge in [0.05, 0.1) is 0 Å². The van der Waals surface area contributed by atoms with E-state index in [2.05, 4.69) is 138 Å². The Balaban J connectivity index is 0.000000628. The molecule has 6 rings (SSSR count). The Bertz CT molecular complexity index is 1280. The van der Waals surface area contributed by atoms with Gasteiger partial charge in [0.1, 0.15) is 0 Å². The van der Waals surface area contributed by atoms with Crippen LogP contribution in [0, 0.1) is 0 Å². The molecule has 0 N–H and O–H groups in total. The minimum Gasteiger partial charge on any atom is -0.103 e. The largest absolute Gasteiger partial charge is 0.103 e. The summed E-state index contributed by atoms with van der Waals surface area (Å²) < 4.78 is 0. The second-order valence-electron chi connectivity index (χ2n) is 10.3. The maximum absolute atomic E-state index is 3.92. The van der Waals surface area contributed by atoms with Crippen LogP contribution in [0.4, 0.5) is 0 Å². The molecule has 2 aliphatic rings. The average molecular weight is 591 g/mol. The number of hydrogen-bond donors (Lipinski definition) is 0. The van der Waals surface area contributed by atoms with E-state index >= 15 is 0 Å². The molecule has 0 radical (unpaired) electrons. The Labute approximate surface area is 273 Å². The molecule has 0 spiro atoms. The van der Waals surface area contributed by atoms with E-state index in [1.165, 1.54) is 44.5 Å². The zero-order valence-corrected chi connectivity index (χ0v) is 30.2. The lowest BCUT2D eigenvalue weighted by Gasteiger charge is -2.25. The third-order valence-corrected chi connectivity index (χ3v) is 7.67. The molecule has 0 aliphatic heterocycles. The van der Waals surface area contributed by atoms with E-state index in [1.54, 1.807) is 0 Å². The third-order valence-electron chi connectivity index (χ3n) is 7.67. The zero-order chi connectivity index (χ0) is 33.8. The molecule has 2 aliphatic carbocycles. The molecule has 0 unspecified atom stereocenters. The van der Waals surface area contributed by atoms with Gasteiger partial charge in [-0.3, -0.25) is 0 Å². The molecule has 0 bridgehead atoms. The Hall–Kier alpha value is -3.64. The number of fused-ring (bicyclic) bond motifs is 6. The fraction of sp³-hybridized carbons (Fsp3) is 0.364. The van der Waals surface area contributed by atoms with Crippen molar-refractivity contribution in [3.05, 3.63) is 145 Å². The third kappa shape index (κ3) is 8.95. The SMILES string of the molecule is C=CCC.C=CCC1(C)c2ccccc2-c2ccccc21.CC.CC.CC.CC.CC1(C)c2ccccc2-c2ccccc21. The first-order valence-electron chi connectivity index (χ1n) is 17.0. The summed E-state index contributed by atoms with van der Waals surface area (Å²) in [6.45, 7) is 32.4. The quantitative estimate of drug-likeness (QED) is 0.208. The van der Waals surface area contributed by atoms with Crippen molar-refractivity contribution in [1.29, 1.82) is 0 Å². The van der Waals surface area contributed by atoms with Gasteiger partial charge in [-0.2, -0.15) is 0 Å². The highest BCUT2D eigenvalue weighted by atomic mass is 14.4. The van der Waals surface area contributed by atoms with E-state index in [-0.39, 0.29) is 10.8 Å². The standard InChI is InChI=1S/C17H16.C15H14.C4H8.4C2H6/c1-3-12-17(2)15-10-6-4-8-13(15)14-9-5-7-11-16(14)17;1-15(2)13-9-5-3-7-11(13)12-8-4-6-10-14(12)15;1-3-4-2;4*1-2/h3-11H,1,12H2,2H3;3-10H,1-2H3;3H,1,4H2,2H3;4*1-2H3. The second kappa shape index (κ2) is 21.1. The maximum Gasteiger partial charge on any atom is 0.0221 e. The first-order valence-corrected chi connectivity index (χ1v) is 17.0. The van der Waals surface area contributed by atoms with Crippen LogP contribution in [0.2, 0.25) is 0 Å². The molecule has 0 amide bonds. The summed E-state index contributed by atoms with van der Waals surface area (Å²) >= 11 is 0. The fourth-order valence-electron chi connectivity index (χ4n) is 5.72. The van der Waals surface area contributed by atoms with Gasteiger partial charge in [0.25, 0.3) is 0 Å². The molecule has 0 saturated carbocycles. The molecule has 0 heteroatoms. The summed E-state index contributed by atoms with van der Waals surface area (Å²) in [5, 5.41) is 0. The van der Waals surface area contributed by atoms with Gasteiger partial charge in [0.2, 0.25) is 0 Å². The van der Waals surface area contributed by atoms with Crippen LogP contribution in [0.25, 0.3) is 22.3 Å². The van der Waals surface area contributed by atoms with E-state index in [1.807, 2.05) is 67.5 Å². The second-order valence-corrected chi connectivity index (χ2v) is 10.3. The normalized spacial score (nSPS) is 12.4. The molecular formula is C44H62. The molecule has 0 aromatic heterocycles.